The van der Waals surface area contributed by atoms with Gasteiger partial charge in [0.05, 0.1) is 4.90 Å². The number of carbonyl (C=O) groups is 2. The van der Waals surface area contributed by atoms with Crippen molar-refractivity contribution < 1.29 is 18.0 Å². The van der Waals surface area contributed by atoms with Gasteiger partial charge in [0, 0.05) is 29.7 Å². The first-order chi connectivity index (χ1) is 11.9. The standard InChI is InChI=1S/C17H18N2O4S2/c1-13(20)19-25(22,23)16-9-7-14(8-10-16)18-17(21)11-12-24-15-5-3-2-4-6-15/h2-10H,11-12H2,1H3,(H,18,21)(H,19,20). The van der Waals surface area contributed by atoms with Gasteiger partial charge >= 0.3 is 0 Å². The molecule has 25 heavy (non-hydrogen) atoms. The van der Waals surface area contributed by atoms with Crippen LogP contribution in [0.15, 0.2) is 64.4 Å². The summed E-state index contributed by atoms with van der Waals surface area (Å²) < 4.78 is 25.5. The third-order valence-electron chi connectivity index (χ3n) is 3.07. The second-order valence-electron chi connectivity index (χ2n) is 5.15. The maximum Gasteiger partial charge on any atom is 0.264 e. The van der Waals surface area contributed by atoms with Crippen molar-refractivity contribution in [1.82, 2.24) is 4.72 Å². The summed E-state index contributed by atoms with van der Waals surface area (Å²) in [6.07, 6.45) is 0.339. The predicted molar refractivity (Wildman–Crippen MR) is 97.9 cm³/mol. The van der Waals surface area contributed by atoms with E-state index < -0.39 is 15.9 Å². The highest BCUT2D eigenvalue weighted by Crippen LogP contribution is 2.18. The van der Waals surface area contributed by atoms with E-state index in [9.17, 15) is 18.0 Å². The zero-order chi connectivity index (χ0) is 18.3. The molecular weight excluding hydrogens is 360 g/mol. The molecular formula is C17H18N2O4S2. The van der Waals surface area contributed by atoms with Gasteiger partial charge in [0.15, 0.2) is 0 Å². The predicted octanol–water partition coefficient (Wildman–Crippen LogP) is 2.63. The number of hydrogen-bond acceptors (Lipinski definition) is 5. The molecule has 0 saturated heterocycles. The Hall–Kier alpha value is -2.32. The highest BCUT2D eigenvalue weighted by atomic mass is 32.2. The second-order valence-corrected chi connectivity index (χ2v) is 8.00. The van der Waals surface area contributed by atoms with Gasteiger partial charge in [-0.1, -0.05) is 18.2 Å². The molecule has 6 nitrogen and oxygen atoms in total. The molecule has 0 aliphatic heterocycles. The molecule has 2 N–H and O–H groups in total. The molecule has 0 unspecified atom stereocenters. The first kappa shape index (κ1) is 19.0. The second kappa shape index (κ2) is 8.68. The van der Waals surface area contributed by atoms with Gasteiger partial charge in [-0.15, -0.1) is 11.8 Å². The van der Waals surface area contributed by atoms with Crippen molar-refractivity contribution in [1.29, 1.82) is 0 Å². The molecule has 0 heterocycles. The third-order valence-corrected chi connectivity index (χ3v) is 5.53. The van der Waals surface area contributed by atoms with Crippen LogP contribution in [0.4, 0.5) is 5.69 Å². The zero-order valence-electron chi connectivity index (χ0n) is 13.6. The monoisotopic (exact) mass is 378 g/mol. The van der Waals surface area contributed by atoms with Crippen molar-refractivity contribution in [2.45, 2.75) is 23.1 Å². The zero-order valence-corrected chi connectivity index (χ0v) is 15.2. The van der Waals surface area contributed by atoms with E-state index in [1.807, 2.05) is 35.1 Å². The summed E-state index contributed by atoms with van der Waals surface area (Å²) in [7, 11) is -3.87. The molecule has 132 valence electrons. The maximum absolute atomic E-state index is 11.9. The SMILES string of the molecule is CC(=O)NS(=O)(=O)c1ccc(NC(=O)CCSc2ccccc2)cc1. The number of thioether (sulfide) groups is 1. The van der Waals surface area contributed by atoms with Gasteiger partial charge in [0.2, 0.25) is 11.8 Å². The van der Waals surface area contributed by atoms with Gasteiger partial charge in [-0.25, -0.2) is 13.1 Å². The minimum Gasteiger partial charge on any atom is -0.326 e. The Balaban J connectivity index is 1.86. The summed E-state index contributed by atoms with van der Waals surface area (Å²) in [5, 5.41) is 2.71. The van der Waals surface area contributed by atoms with Crippen molar-refractivity contribution >= 4 is 39.3 Å². The fraction of sp³-hybridized carbons (Fsp3) is 0.176. The molecule has 8 heteroatoms. The van der Waals surface area contributed by atoms with Crippen molar-refractivity contribution in [3.8, 4) is 0 Å². The van der Waals surface area contributed by atoms with Gasteiger partial charge in [-0.05, 0) is 36.4 Å². The fourth-order valence-corrected chi connectivity index (χ4v) is 3.83. The molecule has 0 aliphatic rings. The largest absolute Gasteiger partial charge is 0.326 e. The number of carbonyl (C=O) groups excluding carboxylic acids is 2. The summed E-state index contributed by atoms with van der Waals surface area (Å²) >= 11 is 1.59. The molecule has 0 aliphatic carbocycles. The summed E-state index contributed by atoms with van der Waals surface area (Å²) in [6.45, 7) is 1.12. The van der Waals surface area contributed by atoms with Crippen LogP contribution < -0.4 is 10.0 Å². The minimum absolute atomic E-state index is 0.0414. The minimum atomic E-state index is -3.87. The highest BCUT2D eigenvalue weighted by molar-refractivity contribution is 7.99. The van der Waals surface area contributed by atoms with E-state index in [2.05, 4.69) is 5.32 Å². The first-order valence-corrected chi connectivity index (χ1v) is 9.95. The van der Waals surface area contributed by atoms with Crippen molar-refractivity contribution in [3.63, 3.8) is 0 Å². The summed E-state index contributed by atoms with van der Waals surface area (Å²) in [5.41, 5.74) is 0.497. The van der Waals surface area contributed by atoms with E-state index in [-0.39, 0.29) is 10.8 Å². The molecule has 0 radical (unpaired) electrons. The normalized spacial score (nSPS) is 10.9. The Morgan fingerprint density at radius 2 is 1.64 bits per heavy atom. The molecule has 2 rings (SSSR count). The topological polar surface area (TPSA) is 92.3 Å². The number of hydrogen-bond donors (Lipinski definition) is 2. The Bertz CT molecular complexity index is 835. The van der Waals surface area contributed by atoms with Crippen LogP contribution in [-0.2, 0) is 19.6 Å². The first-order valence-electron chi connectivity index (χ1n) is 7.48. The van der Waals surface area contributed by atoms with E-state index in [4.69, 9.17) is 0 Å². The number of rotatable bonds is 7. The number of sulfonamides is 1. The molecule has 2 aromatic carbocycles. The molecule has 2 aromatic rings. The number of nitrogens with one attached hydrogen (secondary N) is 2. The van der Waals surface area contributed by atoms with E-state index in [0.29, 0.717) is 17.9 Å². The van der Waals surface area contributed by atoms with Crippen LogP contribution in [0.5, 0.6) is 0 Å². The van der Waals surface area contributed by atoms with Gasteiger partial charge in [0.25, 0.3) is 10.0 Å². The average molecular weight is 378 g/mol. The Morgan fingerprint density at radius 1 is 1.00 bits per heavy atom. The Labute approximate surface area is 151 Å². The van der Waals surface area contributed by atoms with Crippen LogP contribution in [0.3, 0.4) is 0 Å². The third kappa shape index (κ3) is 6.24. The quantitative estimate of drug-likeness (QED) is 0.723. The number of anilines is 1. The smallest absolute Gasteiger partial charge is 0.264 e. The van der Waals surface area contributed by atoms with Crippen LogP contribution in [-0.4, -0.2) is 26.0 Å². The molecule has 0 aromatic heterocycles. The lowest BCUT2D eigenvalue weighted by Gasteiger charge is -2.08. The van der Waals surface area contributed by atoms with Crippen LogP contribution in [0.25, 0.3) is 0 Å². The van der Waals surface area contributed by atoms with E-state index >= 15 is 0 Å². The van der Waals surface area contributed by atoms with Crippen LogP contribution in [0.2, 0.25) is 0 Å². The van der Waals surface area contributed by atoms with Crippen molar-refractivity contribution in [2.24, 2.45) is 0 Å². The molecule has 0 fully saturated rings. The summed E-state index contributed by atoms with van der Waals surface area (Å²) in [5.74, 6) is -0.167. The van der Waals surface area contributed by atoms with Gasteiger partial charge < -0.3 is 5.32 Å². The number of benzene rings is 2. The lowest BCUT2D eigenvalue weighted by atomic mass is 10.3. The fourth-order valence-electron chi connectivity index (χ4n) is 1.97. The number of amides is 2. The Morgan fingerprint density at radius 3 is 2.24 bits per heavy atom. The lowest BCUT2D eigenvalue weighted by Crippen LogP contribution is -2.28. The average Bonchev–Trinajstić information content (AvgIpc) is 2.55. The van der Waals surface area contributed by atoms with Crippen LogP contribution in [0.1, 0.15) is 13.3 Å². The van der Waals surface area contributed by atoms with E-state index in [1.165, 1.54) is 24.3 Å². The van der Waals surface area contributed by atoms with Gasteiger partial charge in [-0.3, -0.25) is 9.59 Å². The van der Waals surface area contributed by atoms with Crippen LogP contribution in [0, 0.1) is 0 Å². The summed E-state index contributed by atoms with van der Waals surface area (Å²) in [6, 6.07) is 15.4. The van der Waals surface area contributed by atoms with Gasteiger partial charge in [-0.2, -0.15) is 0 Å². The molecule has 0 bridgehead atoms. The van der Waals surface area contributed by atoms with Crippen molar-refractivity contribution in [2.75, 3.05) is 11.1 Å². The van der Waals surface area contributed by atoms with E-state index in [1.54, 1.807) is 11.8 Å². The lowest BCUT2D eigenvalue weighted by molar-refractivity contribution is -0.117. The van der Waals surface area contributed by atoms with E-state index in [0.717, 1.165) is 11.8 Å². The molecule has 2 amide bonds. The summed E-state index contributed by atoms with van der Waals surface area (Å²) in [4.78, 5) is 23.9. The Kier molecular flexibility index (Phi) is 6.60. The molecule has 0 atom stereocenters. The van der Waals surface area contributed by atoms with Crippen molar-refractivity contribution in [3.05, 3.63) is 54.6 Å². The van der Waals surface area contributed by atoms with Gasteiger partial charge in [0.1, 0.15) is 0 Å². The molecule has 0 saturated carbocycles. The highest BCUT2D eigenvalue weighted by Gasteiger charge is 2.15. The molecule has 0 spiro atoms. The maximum atomic E-state index is 11.9. The van der Waals surface area contributed by atoms with Crippen LogP contribution >= 0.6 is 11.8 Å².